The van der Waals surface area contributed by atoms with Crippen LogP contribution in [0, 0.1) is 5.41 Å². The Kier molecular flexibility index (Phi) is 3.66. The van der Waals surface area contributed by atoms with E-state index in [1.165, 1.54) is 5.56 Å². The molecule has 2 aromatic rings. The highest BCUT2D eigenvalue weighted by Crippen LogP contribution is 2.24. The van der Waals surface area contributed by atoms with Gasteiger partial charge in [-0.05, 0) is 41.7 Å². The van der Waals surface area contributed by atoms with E-state index in [2.05, 4.69) is 37.9 Å². The Labute approximate surface area is 109 Å². The Morgan fingerprint density at radius 1 is 1.00 bits per heavy atom. The quantitative estimate of drug-likeness (QED) is 0.791. The number of hydrogen-bond acceptors (Lipinski definition) is 2. The second-order valence-electron chi connectivity index (χ2n) is 5.67. The highest BCUT2D eigenvalue weighted by atomic mass is 16.5. The lowest BCUT2D eigenvalue weighted by Crippen LogP contribution is -2.08. The van der Waals surface area contributed by atoms with E-state index in [9.17, 15) is 0 Å². The number of rotatable bonds is 3. The maximum absolute atomic E-state index is 5.70. The van der Waals surface area contributed by atoms with Gasteiger partial charge in [-0.15, -0.1) is 0 Å². The molecule has 0 bridgehead atoms. The molecule has 2 heteroatoms. The lowest BCUT2D eigenvalue weighted by atomic mass is 9.88. The van der Waals surface area contributed by atoms with Crippen LogP contribution in [0.3, 0.4) is 0 Å². The Balaban J connectivity index is 2.04. The zero-order chi connectivity index (χ0) is 13.0. The van der Waals surface area contributed by atoms with Crippen molar-refractivity contribution in [2.45, 2.75) is 27.2 Å². The molecule has 0 atom stereocenters. The predicted molar refractivity (Wildman–Crippen MR) is 73.9 cm³/mol. The van der Waals surface area contributed by atoms with Gasteiger partial charge in [0.05, 0.1) is 6.20 Å². The number of nitrogens with zero attached hydrogens (tertiary/aromatic N) is 1. The first-order valence-electron chi connectivity index (χ1n) is 6.20. The fraction of sp³-hybridized carbons (Fsp3) is 0.312. The van der Waals surface area contributed by atoms with Gasteiger partial charge in [-0.1, -0.05) is 32.9 Å². The van der Waals surface area contributed by atoms with Crippen molar-refractivity contribution in [1.82, 2.24) is 4.98 Å². The van der Waals surface area contributed by atoms with Gasteiger partial charge in [0.15, 0.2) is 0 Å². The van der Waals surface area contributed by atoms with E-state index in [4.69, 9.17) is 4.74 Å². The van der Waals surface area contributed by atoms with Gasteiger partial charge >= 0.3 is 0 Å². The maximum Gasteiger partial charge on any atom is 0.145 e. The zero-order valence-corrected chi connectivity index (χ0v) is 11.2. The summed E-state index contributed by atoms with van der Waals surface area (Å²) in [6, 6.07) is 12.0. The molecular weight excluding hydrogens is 222 g/mol. The molecule has 2 rings (SSSR count). The highest BCUT2D eigenvalue weighted by Gasteiger charge is 2.10. The SMILES string of the molecule is CC(C)(C)Cc1ccc(Oc2cccnc2)cc1. The molecule has 18 heavy (non-hydrogen) atoms. The summed E-state index contributed by atoms with van der Waals surface area (Å²) in [5.74, 6) is 1.61. The van der Waals surface area contributed by atoms with E-state index in [0.29, 0.717) is 5.41 Å². The summed E-state index contributed by atoms with van der Waals surface area (Å²) in [6.07, 6.45) is 4.52. The van der Waals surface area contributed by atoms with Crippen LogP contribution in [0.1, 0.15) is 26.3 Å². The molecule has 0 spiro atoms. The van der Waals surface area contributed by atoms with E-state index >= 15 is 0 Å². The summed E-state index contributed by atoms with van der Waals surface area (Å²) in [4.78, 5) is 4.02. The van der Waals surface area contributed by atoms with Crippen molar-refractivity contribution in [2.24, 2.45) is 5.41 Å². The molecule has 0 unspecified atom stereocenters. The minimum atomic E-state index is 0.311. The number of aromatic nitrogens is 1. The van der Waals surface area contributed by atoms with E-state index < -0.39 is 0 Å². The van der Waals surface area contributed by atoms with Crippen molar-refractivity contribution in [3.05, 3.63) is 54.4 Å². The molecule has 0 fully saturated rings. The summed E-state index contributed by atoms with van der Waals surface area (Å²) >= 11 is 0. The van der Waals surface area contributed by atoms with Gasteiger partial charge in [0, 0.05) is 6.20 Å². The third-order valence-electron chi connectivity index (χ3n) is 2.53. The molecule has 0 aliphatic heterocycles. The van der Waals surface area contributed by atoms with Gasteiger partial charge in [-0.2, -0.15) is 0 Å². The van der Waals surface area contributed by atoms with E-state index in [1.807, 2.05) is 24.3 Å². The molecule has 0 aliphatic carbocycles. The molecule has 0 radical (unpaired) electrons. The molecule has 0 N–H and O–H groups in total. The van der Waals surface area contributed by atoms with Crippen molar-refractivity contribution in [1.29, 1.82) is 0 Å². The van der Waals surface area contributed by atoms with Crippen LogP contribution in [0.4, 0.5) is 0 Å². The molecular formula is C16H19NO. The standard InChI is InChI=1S/C16H19NO/c1-16(2,3)11-13-6-8-14(9-7-13)18-15-5-4-10-17-12-15/h4-10,12H,11H2,1-3H3. The van der Waals surface area contributed by atoms with Crippen molar-refractivity contribution >= 4 is 0 Å². The van der Waals surface area contributed by atoms with Gasteiger partial charge in [-0.3, -0.25) is 4.98 Å². The first kappa shape index (κ1) is 12.6. The van der Waals surface area contributed by atoms with Gasteiger partial charge in [-0.25, -0.2) is 0 Å². The Morgan fingerprint density at radius 2 is 1.72 bits per heavy atom. The van der Waals surface area contributed by atoms with E-state index in [0.717, 1.165) is 17.9 Å². The van der Waals surface area contributed by atoms with Crippen LogP contribution in [-0.4, -0.2) is 4.98 Å². The van der Waals surface area contributed by atoms with Crippen molar-refractivity contribution < 1.29 is 4.74 Å². The molecule has 0 aliphatic rings. The minimum absolute atomic E-state index is 0.311. The zero-order valence-electron chi connectivity index (χ0n) is 11.2. The lowest BCUT2D eigenvalue weighted by molar-refractivity contribution is 0.410. The molecule has 0 saturated carbocycles. The summed E-state index contributed by atoms with van der Waals surface area (Å²) in [7, 11) is 0. The predicted octanol–water partition coefficient (Wildman–Crippen LogP) is 4.46. The number of ether oxygens (including phenoxy) is 1. The number of benzene rings is 1. The normalized spacial score (nSPS) is 11.3. The van der Waals surface area contributed by atoms with Crippen LogP contribution in [0.5, 0.6) is 11.5 Å². The van der Waals surface area contributed by atoms with Crippen LogP contribution < -0.4 is 4.74 Å². The third-order valence-corrected chi connectivity index (χ3v) is 2.53. The van der Waals surface area contributed by atoms with E-state index in [1.54, 1.807) is 12.4 Å². The van der Waals surface area contributed by atoms with Crippen LogP contribution in [0.25, 0.3) is 0 Å². The highest BCUT2D eigenvalue weighted by molar-refractivity contribution is 5.32. The largest absolute Gasteiger partial charge is 0.456 e. The number of pyridine rings is 1. The molecule has 1 heterocycles. The van der Waals surface area contributed by atoms with Gasteiger partial charge in [0.2, 0.25) is 0 Å². The van der Waals surface area contributed by atoms with Crippen LogP contribution >= 0.6 is 0 Å². The van der Waals surface area contributed by atoms with Gasteiger partial charge in [0.25, 0.3) is 0 Å². The summed E-state index contributed by atoms with van der Waals surface area (Å²) in [5, 5.41) is 0. The molecule has 0 amide bonds. The van der Waals surface area contributed by atoms with E-state index in [-0.39, 0.29) is 0 Å². The third kappa shape index (κ3) is 3.88. The smallest absolute Gasteiger partial charge is 0.145 e. The van der Waals surface area contributed by atoms with Gasteiger partial charge < -0.3 is 4.74 Å². The average Bonchev–Trinajstić information content (AvgIpc) is 2.31. The first-order valence-corrected chi connectivity index (χ1v) is 6.20. The molecule has 1 aromatic heterocycles. The fourth-order valence-corrected chi connectivity index (χ4v) is 1.83. The Hall–Kier alpha value is -1.83. The molecule has 2 nitrogen and oxygen atoms in total. The monoisotopic (exact) mass is 241 g/mol. The van der Waals surface area contributed by atoms with Crippen molar-refractivity contribution in [2.75, 3.05) is 0 Å². The second kappa shape index (κ2) is 5.21. The topological polar surface area (TPSA) is 22.1 Å². The Bertz CT molecular complexity index is 483. The molecule has 0 saturated heterocycles. The lowest BCUT2D eigenvalue weighted by Gasteiger charge is -2.18. The number of hydrogen-bond donors (Lipinski definition) is 0. The fourth-order valence-electron chi connectivity index (χ4n) is 1.83. The van der Waals surface area contributed by atoms with Crippen molar-refractivity contribution in [3.8, 4) is 11.5 Å². The Morgan fingerprint density at radius 3 is 2.28 bits per heavy atom. The maximum atomic E-state index is 5.70. The van der Waals surface area contributed by atoms with Crippen LogP contribution in [-0.2, 0) is 6.42 Å². The minimum Gasteiger partial charge on any atom is -0.456 e. The average molecular weight is 241 g/mol. The molecule has 1 aromatic carbocycles. The summed E-state index contributed by atoms with van der Waals surface area (Å²) in [6.45, 7) is 6.73. The molecule has 94 valence electrons. The van der Waals surface area contributed by atoms with Gasteiger partial charge in [0.1, 0.15) is 11.5 Å². The van der Waals surface area contributed by atoms with Crippen LogP contribution in [0.2, 0.25) is 0 Å². The first-order chi connectivity index (χ1) is 8.53. The second-order valence-corrected chi connectivity index (χ2v) is 5.67. The summed E-state index contributed by atoms with van der Waals surface area (Å²) < 4.78 is 5.70. The van der Waals surface area contributed by atoms with Crippen LogP contribution in [0.15, 0.2) is 48.8 Å². The van der Waals surface area contributed by atoms with Crippen molar-refractivity contribution in [3.63, 3.8) is 0 Å². The summed E-state index contributed by atoms with van der Waals surface area (Å²) in [5.41, 5.74) is 1.65.